The number of carbonyl (C=O) groups excluding carboxylic acids is 2. The summed E-state index contributed by atoms with van der Waals surface area (Å²) in [4.78, 5) is 33.0. The van der Waals surface area contributed by atoms with E-state index in [9.17, 15) is 9.59 Å². The lowest BCUT2D eigenvalue weighted by atomic mass is 9.99. The van der Waals surface area contributed by atoms with E-state index in [1.165, 1.54) is 34.6 Å². The largest absolute Gasteiger partial charge is 0.451 e. The van der Waals surface area contributed by atoms with Crippen LogP contribution in [-0.4, -0.2) is 35.4 Å². The van der Waals surface area contributed by atoms with Crippen LogP contribution in [0.25, 0.3) is 10.2 Å². The van der Waals surface area contributed by atoms with Crippen molar-refractivity contribution in [2.75, 3.05) is 13.7 Å². The Labute approximate surface area is 172 Å². The van der Waals surface area contributed by atoms with Crippen LogP contribution >= 0.6 is 22.7 Å². The van der Waals surface area contributed by atoms with E-state index < -0.39 is 5.97 Å². The number of para-hydroxylation sites is 1. The normalized spacial score (nSPS) is 14.5. The number of carbonyl (C=O) groups is 2. The minimum absolute atomic E-state index is 0.183. The number of likely N-dealkylation sites (N-methyl/N-ethyl adjacent to an activating group) is 1. The Hall–Kier alpha value is -2.25. The number of thiophene rings is 1. The molecule has 146 valence electrons. The predicted octanol–water partition coefficient (Wildman–Crippen LogP) is 4.61. The third-order valence-corrected chi connectivity index (χ3v) is 7.59. The summed E-state index contributed by atoms with van der Waals surface area (Å²) in [6, 6.07) is 9.66. The molecule has 0 N–H and O–H groups in total. The minimum Gasteiger partial charge on any atom is -0.451 e. The van der Waals surface area contributed by atoms with Gasteiger partial charge in [0.05, 0.1) is 16.3 Å². The standard InChI is InChI=1S/C21H22N2O3S2/c1-13(20-22-15-8-4-6-10-17(15)28-20)23(2)19(24)12-26-21(25)18-11-14-7-3-5-9-16(14)27-18/h4,6,8,10-11,13H,3,5,7,9,12H2,1-2H3/t13-/m0/s1. The molecule has 2 heterocycles. The van der Waals surface area contributed by atoms with Crippen molar-refractivity contribution in [3.63, 3.8) is 0 Å². The number of benzene rings is 1. The molecule has 1 aromatic carbocycles. The van der Waals surface area contributed by atoms with Gasteiger partial charge in [0, 0.05) is 11.9 Å². The second kappa shape index (κ2) is 8.01. The van der Waals surface area contributed by atoms with Crippen molar-refractivity contribution in [1.82, 2.24) is 9.88 Å². The monoisotopic (exact) mass is 414 g/mol. The third-order valence-electron chi connectivity index (χ3n) is 5.17. The van der Waals surface area contributed by atoms with E-state index in [0.29, 0.717) is 4.88 Å². The van der Waals surface area contributed by atoms with Gasteiger partial charge in [0.2, 0.25) is 0 Å². The Morgan fingerprint density at radius 1 is 1.21 bits per heavy atom. The van der Waals surface area contributed by atoms with E-state index in [4.69, 9.17) is 4.74 Å². The van der Waals surface area contributed by atoms with E-state index >= 15 is 0 Å². The van der Waals surface area contributed by atoms with Crippen molar-refractivity contribution in [2.24, 2.45) is 0 Å². The number of amides is 1. The average molecular weight is 415 g/mol. The summed E-state index contributed by atoms with van der Waals surface area (Å²) in [6.07, 6.45) is 4.41. The van der Waals surface area contributed by atoms with Crippen LogP contribution in [0.2, 0.25) is 0 Å². The zero-order valence-corrected chi connectivity index (χ0v) is 17.6. The lowest BCUT2D eigenvalue weighted by molar-refractivity contribution is -0.135. The second-order valence-electron chi connectivity index (χ2n) is 7.04. The fourth-order valence-electron chi connectivity index (χ4n) is 3.34. The number of rotatable bonds is 5. The fraction of sp³-hybridized carbons (Fsp3) is 0.381. The first-order valence-electron chi connectivity index (χ1n) is 9.43. The Bertz CT molecular complexity index is 967. The van der Waals surface area contributed by atoms with Crippen LogP contribution in [0, 0.1) is 0 Å². The first-order valence-corrected chi connectivity index (χ1v) is 11.1. The van der Waals surface area contributed by atoms with Gasteiger partial charge in [0.15, 0.2) is 6.61 Å². The zero-order chi connectivity index (χ0) is 19.7. The van der Waals surface area contributed by atoms with Gasteiger partial charge < -0.3 is 9.64 Å². The molecule has 1 atom stereocenters. The van der Waals surface area contributed by atoms with Crippen molar-refractivity contribution >= 4 is 44.8 Å². The molecule has 0 saturated carbocycles. The summed E-state index contributed by atoms with van der Waals surface area (Å²) in [5.74, 6) is -0.643. The van der Waals surface area contributed by atoms with Crippen molar-refractivity contribution in [3.05, 3.63) is 50.7 Å². The summed E-state index contributed by atoms with van der Waals surface area (Å²) >= 11 is 3.08. The molecule has 4 rings (SSSR count). The molecule has 3 aromatic rings. The highest BCUT2D eigenvalue weighted by atomic mass is 32.1. The molecule has 0 radical (unpaired) electrons. The van der Waals surface area contributed by atoms with Crippen LogP contribution in [0.4, 0.5) is 0 Å². The second-order valence-corrected chi connectivity index (χ2v) is 9.24. The molecule has 1 aliphatic carbocycles. The van der Waals surface area contributed by atoms with Gasteiger partial charge in [-0.2, -0.15) is 0 Å². The summed E-state index contributed by atoms with van der Waals surface area (Å²) < 4.78 is 6.39. The Morgan fingerprint density at radius 2 is 2.00 bits per heavy atom. The molecule has 0 bridgehead atoms. The Balaban J connectivity index is 1.37. The van der Waals surface area contributed by atoms with Crippen molar-refractivity contribution in [3.8, 4) is 0 Å². The van der Waals surface area contributed by atoms with Crippen molar-refractivity contribution in [1.29, 1.82) is 0 Å². The maximum atomic E-state index is 12.5. The van der Waals surface area contributed by atoms with Gasteiger partial charge in [-0.25, -0.2) is 9.78 Å². The summed E-state index contributed by atoms with van der Waals surface area (Å²) in [7, 11) is 1.72. The van der Waals surface area contributed by atoms with Crippen LogP contribution < -0.4 is 0 Å². The summed E-state index contributed by atoms with van der Waals surface area (Å²) in [5, 5.41) is 0.870. The van der Waals surface area contributed by atoms with Crippen molar-refractivity contribution < 1.29 is 14.3 Å². The number of nitrogens with zero attached hydrogens (tertiary/aromatic N) is 2. The average Bonchev–Trinajstić information content (AvgIpc) is 3.34. The predicted molar refractivity (Wildman–Crippen MR) is 112 cm³/mol. The van der Waals surface area contributed by atoms with E-state index in [0.717, 1.165) is 28.1 Å². The molecule has 7 heteroatoms. The van der Waals surface area contributed by atoms with E-state index in [1.54, 1.807) is 23.3 Å². The smallest absolute Gasteiger partial charge is 0.348 e. The molecule has 0 unspecified atom stereocenters. The molecule has 28 heavy (non-hydrogen) atoms. The first kappa shape index (κ1) is 19.1. The lowest BCUT2D eigenvalue weighted by Crippen LogP contribution is -2.33. The highest BCUT2D eigenvalue weighted by Crippen LogP contribution is 2.31. The maximum Gasteiger partial charge on any atom is 0.348 e. The lowest BCUT2D eigenvalue weighted by Gasteiger charge is -2.22. The molecule has 0 spiro atoms. The van der Waals surface area contributed by atoms with Crippen LogP contribution in [0.5, 0.6) is 0 Å². The number of aromatic nitrogens is 1. The molecule has 1 amide bonds. The van der Waals surface area contributed by atoms with Gasteiger partial charge >= 0.3 is 5.97 Å². The highest BCUT2D eigenvalue weighted by molar-refractivity contribution is 7.18. The first-order chi connectivity index (χ1) is 13.5. The topological polar surface area (TPSA) is 59.5 Å². The number of aryl methyl sites for hydroxylation is 2. The van der Waals surface area contributed by atoms with E-state index in [1.807, 2.05) is 37.3 Å². The van der Waals surface area contributed by atoms with E-state index in [-0.39, 0.29) is 18.6 Å². The number of fused-ring (bicyclic) bond motifs is 2. The molecule has 0 saturated heterocycles. The SMILES string of the molecule is C[C@@H](c1nc2ccccc2s1)N(C)C(=O)COC(=O)c1cc2c(s1)CCCC2. The third kappa shape index (κ3) is 3.82. The molecule has 2 aromatic heterocycles. The van der Waals surface area contributed by atoms with Gasteiger partial charge in [0.25, 0.3) is 5.91 Å². The maximum absolute atomic E-state index is 12.5. The number of hydrogen-bond donors (Lipinski definition) is 0. The number of ether oxygens (including phenoxy) is 1. The van der Waals surface area contributed by atoms with Crippen molar-refractivity contribution in [2.45, 2.75) is 38.6 Å². The number of hydrogen-bond acceptors (Lipinski definition) is 6. The highest BCUT2D eigenvalue weighted by Gasteiger charge is 2.23. The van der Waals surface area contributed by atoms with Crippen LogP contribution in [0.1, 0.15) is 50.9 Å². The fourth-order valence-corrected chi connectivity index (χ4v) is 5.55. The molecular formula is C21H22N2O3S2. The number of thiazole rings is 1. The van der Waals surface area contributed by atoms with Gasteiger partial charge in [-0.1, -0.05) is 12.1 Å². The minimum atomic E-state index is -0.409. The molecule has 0 aliphatic heterocycles. The van der Waals surface area contributed by atoms with Crippen LogP contribution in [0.15, 0.2) is 30.3 Å². The molecular weight excluding hydrogens is 392 g/mol. The van der Waals surface area contributed by atoms with E-state index in [2.05, 4.69) is 4.98 Å². The van der Waals surface area contributed by atoms with Gasteiger partial charge in [-0.15, -0.1) is 22.7 Å². The van der Waals surface area contributed by atoms with Gasteiger partial charge in [-0.05, 0) is 56.4 Å². The Kier molecular flexibility index (Phi) is 5.46. The summed E-state index contributed by atoms with van der Waals surface area (Å²) in [6.45, 7) is 1.68. The van der Waals surface area contributed by atoms with Crippen LogP contribution in [-0.2, 0) is 22.4 Å². The summed E-state index contributed by atoms with van der Waals surface area (Å²) in [5.41, 5.74) is 2.19. The zero-order valence-electron chi connectivity index (χ0n) is 15.9. The van der Waals surface area contributed by atoms with Gasteiger partial charge in [-0.3, -0.25) is 4.79 Å². The quantitative estimate of drug-likeness (QED) is 0.572. The number of esters is 1. The molecule has 0 fully saturated rings. The Morgan fingerprint density at radius 3 is 2.79 bits per heavy atom. The molecule has 1 aliphatic rings. The molecule has 5 nitrogen and oxygen atoms in total. The van der Waals surface area contributed by atoms with Crippen LogP contribution in [0.3, 0.4) is 0 Å². The van der Waals surface area contributed by atoms with Gasteiger partial charge in [0.1, 0.15) is 9.88 Å².